The number of aromatic nitrogens is 2. The van der Waals surface area contributed by atoms with Gasteiger partial charge in [-0.15, -0.1) is 0 Å². The molecular formula is C26H25N3O5S. The van der Waals surface area contributed by atoms with Gasteiger partial charge in [0.25, 0.3) is 15.6 Å². The lowest BCUT2D eigenvalue weighted by Crippen LogP contribution is -2.27. The second-order valence-corrected chi connectivity index (χ2v) is 10.1. The summed E-state index contributed by atoms with van der Waals surface area (Å²) < 4.78 is 34.0. The van der Waals surface area contributed by atoms with Crippen LogP contribution in [-0.4, -0.2) is 31.2 Å². The lowest BCUT2D eigenvalue weighted by molar-refractivity contribution is 0.0728. The van der Waals surface area contributed by atoms with Gasteiger partial charge in [-0.3, -0.25) is 9.10 Å². The largest absolute Gasteiger partial charge is 0.422 e. The zero-order valence-corrected chi connectivity index (χ0v) is 20.7. The first kappa shape index (κ1) is 24.2. The average molecular weight is 492 g/mol. The molecule has 0 spiro atoms. The van der Waals surface area contributed by atoms with Crippen molar-refractivity contribution >= 4 is 32.5 Å². The van der Waals surface area contributed by atoms with Gasteiger partial charge >= 0.3 is 5.97 Å². The highest BCUT2D eigenvalue weighted by atomic mass is 32.2. The van der Waals surface area contributed by atoms with Crippen molar-refractivity contribution in [3.05, 3.63) is 93.9 Å². The van der Waals surface area contributed by atoms with Gasteiger partial charge in [-0.25, -0.2) is 17.9 Å². The molecule has 0 aliphatic heterocycles. The summed E-state index contributed by atoms with van der Waals surface area (Å²) >= 11 is 0. The van der Waals surface area contributed by atoms with E-state index in [2.05, 4.69) is 5.10 Å². The van der Waals surface area contributed by atoms with Crippen LogP contribution < -0.4 is 14.6 Å². The summed E-state index contributed by atoms with van der Waals surface area (Å²) in [4.78, 5) is 25.6. The number of nitrogens with zero attached hydrogens (tertiary/aromatic N) is 3. The van der Waals surface area contributed by atoms with E-state index in [-0.39, 0.29) is 21.9 Å². The molecule has 0 radical (unpaired) electrons. The summed E-state index contributed by atoms with van der Waals surface area (Å²) in [7, 11) is -2.30. The van der Waals surface area contributed by atoms with Crippen LogP contribution in [0.15, 0.2) is 76.4 Å². The lowest BCUT2D eigenvalue weighted by Gasteiger charge is -2.20. The first-order valence-corrected chi connectivity index (χ1v) is 12.5. The van der Waals surface area contributed by atoms with Gasteiger partial charge < -0.3 is 4.74 Å². The summed E-state index contributed by atoms with van der Waals surface area (Å²) in [5.74, 6) is -0.497. The molecule has 0 amide bonds. The monoisotopic (exact) mass is 491 g/mol. The van der Waals surface area contributed by atoms with Crippen LogP contribution in [0, 0.1) is 13.8 Å². The van der Waals surface area contributed by atoms with Crippen molar-refractivity contribution < 1.29 is 17.9 Å². The first-order valence-electron chi connectivity index (χ1n) is 11.0. The number of ether oxygens (including phenoxy) is 1. The normalized spacial score (nSPS) is 11.4. The number of benzene rings is 3. The van der Waals surface area contributed by atoms with Gasteiger partial charge in [-0.1, -0.05) is 24.3 Å². The minimum atomic E-state index is -3.76. The molecule has 4 rings (SSSR count). The SMILES string of the molecule is CCn1nc(C(=O)Oc2ccc(N(C)S(=O)(=O)c3ccc(C)c(C)c3)cc2)c2ccccc2c1=O. The van der Waals surface area contributed by atoms with Crippen molar-refractivity contribution in [1.82, 2.24) is 9.78 Å². The van der Waals surface area contributed by atoms with Crippen LogP contribution in [0.2, 0.25) is 0 Å². The predicted octanol–water partition coefficient (Wildman–Crippen LogP) is 4.08. The van der Waals surface area contributed by atoms with Gasteiger partial charge in [0.2, 0.25) is 0 Å². The van der Waals surface area contributed by atoms with E-state index in [0.717, 1.165) is 11.1 Å². The second-order valence-electron chi connectivity index (χ2n) is 8.12. The summed E-state index contributed by atoms with van der Waals surface area (Å²) in [6.45, 7) is 5.85. The van der Waals surface area contributed by atoms with Gasteiger partial charge in [0.05, 0.1) is 16.0 Å². The number of hydrogen-bond donors (Lipinski definition) is 0. The predicted molar refractivity (Wildman–Crippen MR) is 135 cm³/mol. The highest BCUT2D eigenvalue weighted by molar-refractivity contribution is 7.92. The Balaban J connectivity index is 1.59. The minimum absolute atomic E-state index is 0.0283. The molecule has 9 heteroatoms. The number of sulfonamides is 1. The quantitative estimate of drug-likeness (QED) is 0.298. The molecule has 0 saturated heterocycles. The van der Waals surface area contributed by atoms with Crippen LogP contribution in [-0.2, 0) is 16.6 Å². The molecule has 0 aliphatic carbocycles. The van der Waals surface area contributed by atoms with E-state index < -0.39 is 16.0 Å². The molecule has 1 aromatic heterocycles. The Hall–Kier alpha value is -3.98. The van der Waals surface area contributed by atoms with Crippen LogP contribution >= 0.6 is 0 Å². The molecule has 8 nitrogen and oxygen atoms in total. The smallest absolute Gasteiger partial charge is 0.364 e. The average Bonchev–Trinajstić information content (AvgIpc) is 2.86. The number of carbonyl (C=O) groups excluding carboxylic acids is 1. The third kappa shape index (κ3) is 4.54. The molecule has 0 fully saturated rings. The third-order valence-electron chi connectivity index (χ3n) is 5.91. The van der Waals surface area contributed by atoms with Crippen molar-refractivity contribution in [3.63, 3.8) is 0 Å². The number of esters is 1. The first-order chi connectivity index (χ1) is 16.6. The molecule has 1 heterocycles. The van der Waals surface area contributed by atoms with Gasteiger partial charge in [0.15, 0.2) is 5.69 Å². The summed E-state index contributed by atoms with van der Waals surface area (Å²) in [6, 6.07) is 17.9. The molecule has 35 heavy (non-hydrogen) atoms. The van der Waals surface area contributed by atoms with Gasteiger partial charge in [0.1, 0.15) is 5.75 Å². The Morgan fingerprint density at radius 3 is 2.26 bits per heavy atom. The van der Waals surface area contributed by atoms with E-state index in [4.69, 9.17) is 4.74 Å². The molecule has 0 aliphatic rings. The van der Waals surface area contributed by atoms with Gasteiger partial charge in [-0.05, 0) is 74.4 Å². The molecule has 0 bridgehead atoms. The van der Waals surface area contributed by atoms with Crippen LogP contribution in [0.25, 0.3) is 10.8 Å². The molecular weight excluding hydrogens is 466 g/mol. The number of hydrogen-bond acceptors (Lipinski definition) is 6. The number of fused-ring (bicyclic) bond motifs is 1. The fourth-order valence-corrected chi connectivity index (χ4v) is 4.93. The Labute approximate surface area is 203 Å². The van der Waals surface area contributed by atoms with E-state index in [1.54, 1.807) is 61.5 Å². The number of aryl methyl sites for hydroxylation is 3. The maximum absolute atomic E-state index is 13.1. The summed E-state index contributed by atoms with van der Waals surface area (Å²) in [6.07, 6.45) is 0. The molecule has 4 aromatic rings. The Bertz CT molecular complexity index is 1590. The van der Waals surface area contributed by atoms with Crippen LogP contribution in [0.3, 0.4) is 0 Å². The Morgan fingerprint density at radius 2 is 1.63 bits per heavy atom. The van der Waals surface area contributed by atoms with Crippen molar-refractivity contribution in [2.45, 2.75) is 32.2 Å². The van der Waals surface area contributed by atoms with E-state index in [1.165, 1.54) is 28.2 Å². The minimum Gasteiger partial charge on any atom is -0.422 e. The highest BCUT2D eigenvalue weighted by Gasteiger charge is 2.22. The van der Waals surface area contributed by atoms with Crippen LogP contribution in [0.5, 0.6) is 5.75 Å². The van der Waals surface area contributed by atoms with Gasteiger partial charge in [0, 0.05) is 19.0 Å². The van der Waals surface area contributed by atoms with E-state index in [9.17, 15) is 18.0 Å². The third-order valence-corrected chi connectivity index (χ3v) is 7.69. The lowest BCUT2D eigenvalue weighted by atomic mass is 10.1. The van der Waals surface area contributed by atoms with E-state index in [0.29, 0.717) is 23.0 Å². The van der Waals surface area contributed by atoms with Crippen molar-refractivity contribution in [2.24, 2.45) is 0 Å². The standard InChI is InChI=1S/C26H25N3O5S/c1-5-29-25(30)23-9-7-6-8-22(23)24(27-29)26(31)34-20-13-11-19(12-14-20)28(4)35(32,33)21-15-10-17(2)18(3)16-21/h6-16H,5H2,1-4H3. The van der Waals surface area contributed by atoms with Crippen LogP contribution in [0.4, 0.5) is 5.69 Å². The Morgan fingerprint density at radius 1 is 0.971 bits per heavy atom. The fourth-order valence-electron chi connectivity index (χ4n) is 3.65. The maximum Gasteiger partial charge on any atom is 0.364 e. The number of carbonyl (C=O) groups is 1. The van der Waals surface area contributed by atoms with Crippen molar-refractivity contribution in [3.8, 4) is 5.75 Å². The number of rotatable bonds is 6. The zero-order valence-electron chi connectivity index (χ0n) is 19.8. The van der Waals surface area contributed by atoms with Crippen molar-refractivity contribution in [2.75, 3.05) is 11.4 Å². The molecule has 0 unspecified atom stereocenters. The molecule has 0 saturated carbocycles. The van der Waals surface area contributed by atoms with Gasteiger partial charge in [-0.2, -0.15) is 5.10 Å². The molecule has 180 valence electrons. The maximum atomic E-state index is 13.1. The molecule has 0 atom stereocenters. The number of anilines is 1. The van der Waals surface area contributed by atoms with E-state index in [1.807, 2.05) is 13.8 Å². The highest BCUT2D eigenvalue weighted by Crippen LogP contribution is 2.26. The van der Waals surface area contributed by atoms with Crippen molar-refractivity contribution in [1.29, 1.82) is 0 Å². The zero-order chi connectivity index (χ0) is 25.3. The fraction of sp³-hybridized carbons (Fsp3) is 0.192. The molecule has 3 aromatic carbocycles. The summed E-state index contributed by atoms with van der Waals surface area (Å²) in [5, 5.41) is 4.97. The van der Waals surface area contributed by atoms with E-state index >= 15 is 0 Å². The Kier molecular flexibility index (Phi) is 6.45. The second kappa shape index (κ2) is 9.34. The summed E-state index contributed by atoms with van der Waals surface area (Å²) in [5.41, 5.74) is 2.05. The topological polar surface area (TPSA) is 98.6 Å². The van der Waals surface area contributed by atoms with Crippen LogP contribution in [0.1, 0.15) is 28.5 Å². The molecule has 0 N–H and O–H groups in total.